The molecule has 0 aliphatic carbocycles. The number of anilines is 2. The molecule has 1 rings (SSSR count). The number of hydrogen-bond donors (Lipinski definition) is 2. The average molecular weight is 254 g/mol. The van der Waals surface area contributed by atoms with E-state index in [4.69, 9.17) is 10.8 Å². The number of benzene rings is 1. The third kappa shape index (κ3) is 3.12. The molecule has 0 saturated carbocycles. The van der Waals surface area contributed by atoms with E-state index >= 15 is 0 Å². The molecule has 0 fully saturated rings. The maximum Gasteiger partial charge on any atom is 0.338 e. The summed E-state index contributed by atoms with van der Waals surface area (Å²) in [7, 11) is 0. The lowest BCUT2D eigenvalue weighted by molar-refractivity contribution is 0.0692. The lowest BCUT2D eigenvalue weighted by Gasteiger charge is -2.25. The summed E-state index contributed by atoms with van der Waals surface area (Å²) in [4.78, 5) is 12.8. The monoisotopic (exact) mass is 254 g/mol. The van der Waals surface area contributed by atoms with Crippen molar-refractivity contribution in [2.24, 2.45) is 0 Å². The third-order valence-electron chi connectivity index (χ3n) is 2.67. The summed E-state index contributed by atoms with van der Waals surface area (Å²) < 4.78 is 13.7. The number of nitrogens with two attached hydrogens (primary N) is 1. The second kappa shape index (κ2) is 6.23. The molecule has 5 heteroatoms. The Kier molecular flexibility index (Phi) is 4.95. The zero-order valence-corrected chi connectivity index (χ0v) is 10.7. The molecule has 0 spiro atoms. The van der Waals surface area contributed by atoms with Crippen LogP contribution in [0.15, 0.2) is 12.1 Å². The normalized spacial score (nSPS) is 10.4. The Morgan fingerprint density at radius 1 is 1.33 bits per heavy atom. The van der Waals surface area contributed by atoms with Gasteiger partial charge in [0.05, 0.1) is 16.9 Å². The van der Waals surface area contributed by atoms with Crippen molar-refractivity contribution in [2.75, 3.05) is 23.7 Å². The molecule has 0 aliphatic heterocycles. The maximum atomic E-state index is 13.7. The number of carboxylic acid groups (broad SMARTS) is 1. The smallest absolute Gasteiger partial charge is 0.338 e. The first-order valence-electron chi connectivity index (χ1n) is 6.08. The summed E-state index contributed by atoms with van der Waals surface area (Å²) in [5, 5.41) is 8.82. The van der Waals surface area contributed by atoms with Gasteiger partial charge in [-0.15, -0.1) is 0 Å². The third-order valence-corrected chi connectivity index (χ3v) is 2.67. The van der Waals surface area contributed by atoms with E-state index in [1.807, 2.05) is 18.7 Å². The summed E-state index contributed by atoms with van der Waals surface area (Å²) in [6.45, 7) is 5.59. The summed E-state index contributed by atoms with van der Waals surface area (Å²) in [5.41, 5.74) is 6.30. The Balaban J connectivity index is 3.15. The number of carbonyl (C=O) groups is 1. The highest BCUT2D eigenvalue weighted by molar-refractivity contribution is 5.90. The lowest BCUT2D eigenvalue weighted by atomic mass is 10.1. The van der Waals surface area contributed by atoms with Crippen LogP contribution < -0.4 is 10.6 Å². The number of carboxylic acids is 1. The van der Waals surface area contributed by atoms with E-state index in [9.17, 15) is 9.18 Å². The van der Waals surface area contributed by atoms with Crippen molar-refractivity contribution in [3.63, 3.8) is 0 Å². The highest BCUT2D eigenvalue weighted by Gasteiger charge is 2.16. The van der Waals surface area contributed by atoms with Crippen LogP contribution in [0.1, 0.15) is 37.0 Å². The minimum Gasteiger partial charge on any atom is -0.478 e. The Labute approximate surface area is 106 Å². The van der Waals surface area contributed by atoms with Gasteiger partial charge in [0.1, 0.15) is 5.82 Å². The summed E-state index contributed by atoms with van der Waals surface area (Å²) in [6, 6.07) is 2.40. The van der Waals surface area contributed by atoms with Crippen molar-refractivity contribution < 1.29 is 14.3 Å². The molecule has 4 nitrogen and oxygen atoms in total. The molecule has 1 aromatic rings. The molecular weight excluding hydrogens is 235 g/mol. The van der Waals surface area contributed by atoms with Crippen LogP contribution in [-0.4, -0.2) is 24.2 Å². The second-order valence-corrected chi connectivity index (χ2v) is 4.18. The SMILES string of the molecule is CCCN(CCC)c1cc(F)c(C(=O)O)cc1N. The highest BCUT2D eigenvalue weighted by atomic mass is 19.1. The van der Waals surface area contributed by atoms with Crippen LogP contribution in [0.3, 0.4) is 0 Å². The van der Waals surface area contributed by atoms with Crippen molar-refractivity contribution in [3.8, 4) is 0 Å². The standard InChI is InChI=1S/C13H19FN2O2/c1-3-5-16(6-4-2)12-8-10(14)9(13(17)18)7-11(12)15/h7-8H,3-6,15H2,1-2H3,(H,17,18). The maximum absolute atomic E-state index is 13.7. The van der Waals surface area contributed by atoms with Gasteiger partial charge in [-0.3, -0.25) is 0 Å². The van der Waals surface area contributed by atoms with Gasteiger partial charge in [-0.1, -0.05) is 13.8 Å². The minimum absolute atomic E-state index is 0.302. The Morgan fingerprint density at radius 3 is 2.33 bits per heavy atom. The van der Waals surface area contributed by atoms with E-state index in [0.29, 0.717) is 11.4 Å². The topological polar surface area (TPSA) is 66.6 Å². The van der Waals surface area contributed by atoms with Crippen LogP contribution in [0.25, 0.3) is 0 Å². The van der Waals surface area contributed by atoms with Gasteiger partial charge in [0.2, 0.25) is 0 Å². The quantitative estimate of drug-likeness (QED) is 0.766. The number of rotatable bonds is 6. The molecule has 0 aliphatic rings. The molecule has 0 saturated heterocycles. The van der Waals surface area contributed by atoms with Gasteiger partial charge in [0.15, 0.2) is 0 Å². The number of hydrogen-bond acceptors (Lipinski definition) is 3. The highest BCUT2D eigenvalue weighted by Crippen LogP contribution is 2.27. The molecule has 3 N–H and O–H groups in total. The molecule has 0 aromatic heterocycles. The van der Waals surface area contributed by atoms with E-state index < -0.39 is 11.8 Å². The fourth-order valence-electron chi connectivity index (χ4n) is 1.91. The van der Waals surface area contributed by atoms with Gasteiger partial charge in [-0.2, -0.15) is 0 Å². The van der Waals surface area contributed by atoms with Crippen molar-refractivity contribution in [1.82, 2.24) is 0 Å². The van der Waals surface area contributed by atoms with Crippen LogP contribution in [0.2, 0.25) is 0 Å². The van der Waals surface area contributed by atoms with Crippen molar-refractivity contribution in [3.05, 3.63) is 23.5 Å². The van der Waals surface area contributed by atoms with Crippen LogP contribution in [0, 0.1) is 5.82 Å². The second-order valence-electron chi connectivity index (χ2n) is 4.18. The van der Waals surface area contributed by atoms with Gasteiger partial charge in [0, 0.05) is 19.2 Å². The van der Waals surface area contributed by atoms with E-state index in [-0.39, 0.29) is 5.56 Å². The van der Waals surface area contributed by atoms with E-state index in [1.54, 1.807) is 0 Å². The Bertz CT molecular complexity index is 429. The van der Waals surface area contributed by atoms with Gasteiger partial charge >= 0.3 is 5.97 Å². The lowest BCUT2D eigenvalue weighted by Crippen LogP contribution is -2.26. The molecule has 18 heavy (non-hydrogen) atoms. The fourth-order valence-corrected chi connectivity index (χ4v) is 1.91. The number of halogens is 1. The predicted octanol–water partition coefficient (Wildman–Crippen LogP) is 2.73. The molecule has 0 heterocycles. The van der Waals surface area contributed by atoms with Crippen molar-refractivity contribution in [2.45, 2.75) is 26.7 Å². The molecule has 0 bridgehead atoms. The fraction of sp³-hybridized carbons (Fsp3) is 0.462. The van der Waals surface area contributed by atoms with Gasteiger partial charge in [-0.25, -0.2) is 9.18 Å². The molecule has 1 aromatic carbocycles. The molecular formula is C13H19FN2O2. The zero-order chi connectivity index (χ0) is 13.7. The van der Waals surface area contributed by atoms with E-state index in [1.165, 1.54) is 12.1 Å². The van der Waals surface area contributed by atoms with Crippen molar-refractivity contribution in [1.29, 1.82) is 0 Å². The summed E-state index contributed by atoms with van der Waals surface area (Å²) in [6.07, 6.45) is 1.84. The van der Waals surface area contributed by atoms with Gasteiger partial charge in [-0.05, 0) is 18.9 Å². The molecule has 100 valence electrons. The number of nitrogens with zero attached hydrogens (tertiary/aromatic N) is 1. The largest absolute Gasteiger partial charge is 0.478 e. The Morgan fingerprint density at radius 2 is 1.89 bits per heavy atom. The first-order chi connectivity index (χ1) is 8.51. The molecule has 0 amide bonds. The zero-order valence-electron chi connectivity index (χ0n) is 10.7. The van der Waals surface area contributed by atoms with Crippen LogP contribution in [0.5, 0.6) is 0 Å². The van der Waals surface area contributed by atoms with Crippen LogP contribution in [-0.2, 0) is 0 Å². The number of aromatic carboxylic acids is 1. The molecule has 0 atom stereocenters. The Hall–Kier alpha value is -1.78. The first-order valence-corrected chi connectivity index (χ1v) is 6.08. The minimum atomic E-state index is -1.30. The van der Waals surface area contributed by atoms with Gasteiger partial charge < -0.3 is 15.7 Å². The van der Waals surface area contributed by atoms with Crippen molar-refractivity contribution >= 4 is 17.3 Å². The van der Waals surface area contributed by atoms with E-state index in [2.05, 4.69) is 0 Å². The van der Waals surface area contributed by atoms with E-state index in [0.717, 1.165) is 25.9 Å². The molecule has 0 unspecified atom stereocenters. The predicted molar refractivity (Wildman–Crippen MR) is 70.6 cm³/mol. The first kappa shape index (κ1) is 14.3. The van der Waals surface area contributed by atoms with Crippen LogP contribution in [0.4, 0.5) is 15.8 Å². The number of nitrogen functional groups attached to an aromatic ring is 1. The van der Waals surface area contributed by atoms with Crippen LogP contribution >= 0.6 is 0 Å². The molecule has 0 radical (unpaired) electrons. The summed E-state index contributed by atoms with van der Waals surface area (Å²) >= 11 is 0. The van der Waals surface area contributed by atoms with Gasteiger partial charge in [0.25, 0.3) is 0 Å². The average Bonchev–Trinajstić information content (AvgIpc) is 2.31. The summed E-state index contributed by atoms with van der Waals surface area (Å²) in [5.74, 6) is -2.05.